The van der Waals surface area contributed by atoms with Crippen molar-refractivity contribution in [2.24, 2.45) is 11.5 Å². The number of thiophene rings is 1. The topological polar surface area (TPSA) is 52.0 Å². The Morgan fingerprint density at radius 2 is 2.25 bits per heavy atom. The molecule has 1 aromatic heterocycles. The van der Waals surface area contributed by atoms with E-state index in [2.05, 4.69) is 15.9 Å². The molecular weight excluding hydrogens is 236 g/mol. The van der Waals surface area contributed by atoms with Crippen LogP contribution >= 0.6 is 27.3 Å². The van der Waals surface area contributed by atoms with Gasteiger partial charge < -0.3 is 11.5 Å². The molecule has 0 aliphatic carbocycles. The standard InChI is InChI=1S/C8H13BrN2S/c1-2-6(10)8(11)7-3-5(9)4-12-7/h3-4,6,8H,2,10-11H2,1H3/t6-,8+/m0/s1. The zero-order chi connectivity index (χ0) is 9.14. The molecule has 1 rings (SSSR count). The van der Waals surface area contributed by atoms with E-state index < -0.39 is 0 Å². The first-order chi connectivity index (χ1) is 5.65. The van der Waals surface area contributed by atoms with Crippen LogP contribution in [-0.4, -0.2) is 6.04 Å². The molecule has 0 spiro atoms. The molecule has 1 aromatic rings. The molecule has 0 aromatic carbocycles. The Kier molecular flexibility index (Phi) is 3.71. The molecule has 4 N–H and O–H groups in total. The predicted molar refractivity (Wildman–Crippen MR) is 57.2 cm³/mol. The van der Waals surface area contributed by atoms with E-state index in [0.717, 1.165) is 15.8 Å². The maximum absolute atomic E-state index is 5.93. The lowest BCUT2D eigenvalue weighted by Crippen LogP contribution is -2.32. The van der Waals surface area contributed by atoms with Crippen molar-refractivity contribution in [3.8, 4) is 0 Å². The summed E-state index contributed by atoms with van der Waals surface area (Å²) in [5, 5.41) is 2.03. The highest BCUT2D eigenvalue weighted by Crippen LogP contribution is 2.26. The van der Waals surface area contributed by atoms with E-state index in [9.17, 15) is 0 Å². The Morgan fingerprint density at radius 3 is 2.67 bits per heavy atom. The summed E-state index contributed by atoms with van der Waals surface area (Å²) in [6.45, 7) is 2.05. The zero-order valence-corrected chi connectivity index (χ0v) is 9.36. The van der Waals surface area contributed by atoms with Crippen molar-refractivity contribution >= 4 is 27.3 Å². The molecule has 2 nitrogen and oxygen atoms in total. The normalized spacial score (nSPS) is 16.0. The average molecular weight is 249 g/mol. The van der Waals surface area contributed by atoms with E-state index in [4.69, 9.17) is 11.5 Å². The molecular formula is C8H13BrN2S. The summed E-state index contributed by atoms with van der Waals surface area (Å²) in [4.78, 5) is 1.15. The fraction of sp³-hybridized carbons (Fsp3) is 0.500. The van der Waals surface area contributed by atoms with Crippen LogP contribution in [0.15, 0.2) is 15.9 Å². The number of hydrogen-bond donors (Lipinski definition) is 2. The third-order valence-corrected chi connectivity index (χ3v) is 3.64. The van der Waals surface area contributed by atoms with Crippen LogP contribution in [0.4, 0.5) is 0 Å². The van der Waals surface area contributed by atoms with Gasteiger partial charge in [0.25, 0.3) is 0 Å². The van der Waals surface area contributed by atoms with Crippen LogP contribution < -0.4 is 11.5 Å². The van der Waals surface area contributed by atoms with Crippen LogP contribution in [0.1, 0.15) is 24.3 Å². The van der Waals surface area contributed by atoms with Gasteiger partial charge in [0.2, 0.25) is 0 Å². The van der Waals surface area contributed by atoms with E-state index >= 15 is 0 Å². The highest BCUT2D eigenvalue weighted by molar-refractivity contribution is 9.10. The largest absolute Gasteiger partial charge is 0.326 e. The second kappa shape index (κ2) is 4.37. The smallest absolute Gasteiger partial charge is 0.0543 e. The summed E-state index contributed by atoms with van der Waals surface area (Å²) in [5.41, 5.74) is 11.8. The van der Waals surface area contributed by atoms with Crippen LogP contribution in [0, 0.1) is 0 Å². The van der Waals surface area contributed by atoms with E-state index in [1.807, 2.05) is 18.4 Å². The Balaban J connectivity index is 2.70. The van der Waals surface area contributed by atoms with Gasteiger partial charge in [-0.05, 0) is 28.4 Å². The summed E-state index contributed by atoms with van der Waals surface area (Å²) < 4.78 is 1.08. The second-order valence-corrected chi connectivity index (χ2v) is 4.62. The average Bonchev–Trinajstić information content (AvgIpc) is 2.49. The van der Waals surface area contributed by atoms with Gasteiger partial charge >= 0.3 is 0 Å². The minimum atomic E-state index is -0.0219. The van der Waals surface area contributed by atoms with Crippen molar-refractivity contribution in [2.75, 3.05) is 0 Å². The van der Waals surface area contributed by atoms with Gasteiger partial charge in [-0.2, -0.15) is 0 Å². The first-order valence-corrected chi connectivity index (χ1v) is 5.57. The molecule has 12 heavy (non-hydrogen) atoms. The molecule has 68 valence electrons. The summed E-state index contributed by atoms with van der Waals surface area (Å²) in [7, 11) is 0. The number of halogens is 1. The molecule has 0 fully saturated rings. The van der Waals surface area contributed by atoms with Gasteiger partial charge in [0.05, 0.1) is 6.04 Å². The van der Waals surface area contributed by atoms with Gasteiger partial charge in [0, 0.05) is 20.8 Å². The Morgan fingerprint density at radius 1 is 1.58 bits per heavy atom. The van der Waals surface area contributed by atoms with Crippen molar-refractivity contribution in [1.29, 1.82) is 0 Å². The van der Waals surface area contributed by atoms with Crippen LogP contribution in [-0.2, 0) is 0 Å². The van der Waals surface area contributed by atoms with Gasteiger partial charge in [0.15, 0.2) is 0 Å². The number of nitrogens with two attached hydrogens (primary N) is 2. The minimum Gasteiger partial charge on any atom is -0.326 e. The summed E-state index contributed by atoms with van der Waals surface area (Å²) >= 11 is 5.03. The van der Waals surface area contributed by atoms with Crippen molar-refractivity contribution < 1.29 is 0 Å². The number of hydrogen-bond acceptors (Lipinski definition) is 3. The highest BCUT2D eigenvalue weighted by Gasteiger charge is 2.14. The molecule has 4 heteroatoms. The first-order valence-electron chi connectivity index (χ1n) is 3.90. The van der Waals surface area contributed by atoms with Gasteiger partial charge in [-0.1, -0.05) is 6.92 Å². The Labute approximate surface area is 85.1 Å². The third-order valence-electron chi connectivity index (χ3n) is 1.85. The SMILES string of the molecule is CC[C@H](N)[C@@H](N)c1cc(Br)cs1. The molecule has 0 unspecified atom stereocenters. The molecule has 0 radical (unpaired) electrons. The minimum absolute atomic E-state index is 0.0219. The maximum atomic E-state index is 5.93. The second-order valence-electron chi connectivity index (χ2n) is 2.77. The molecule has 0 aliphatic rings. The van der Waals surface area contributed by atoms with Crippen LogP contribution in [0.3, 0.4) is 0 Å². The molecule has 0 amide bonds. The van der Waals surface area contributed by atoms with Gasteiger partial charge in [-0.3, -0.25) is 0 Å². The molecule has 0 aliphatic heterocycles. The predicted octanol–water partition coefficient (Wildman–Crippen LogP) is 2.25. The van der Waals surface area contributed by atoms with Gasteiger partial charge in [0.1, 0.15) is 0 Å². The molecule has 0 saturated heterocycles. The molecule has 0 bridgehead atoms. The lowest BCUT2D eigenvalue weighted by molar-refractivity contribution is 0.539. The molecule has 2 atom stereocenters. The Hall–Kier alpha value is 0.1000. The van der Waals surface area contributed by atoms with Crippen molar-refractivity contribution in [3.05, 3.63) is 20.8 Å². The highest BCUT2D eigenvalue weighted by atomic mass is 79.9. The van der Waals surface area contributed by atoms with E-state index in [-0.39, 0.29) is 12.1 Å². The fourth-order valence-corrected chi connectivity index (χ4v) is 2.49. The lowest BCUT2D eigenvalue weighted by atomic mass is 10.1. The van der Waals surface area contributed by atoms with E-state index in [0.29, 0.717) is 0 Å². The first kappa shape index (κ1) is 10.2. The Bertz CT molecular complexity index is 249. The monoisotopic (exact) mass is 248 g/mol. The molecule has 0 saturated carbocycles. The van der Waals surface area contributed by atoms with Crippen molar-refractivity contribution in [3.63, 3.8) is 0 Å². The summed E-state index contributed by atoms with van der Waals surface area (Å²) in [6.07, 6.45) is 0.913. The van der Waals surface area contributed by atoms with Crippen LogP contribution in [0.5, 0.6) is 0 Å². The van der Waals surface area contributed by atoms with Crippen LogP contribution in [0.25, 0.3) is 0 Å². The maximum Gasteiger partial charge on any atom is 0.0543 e. The summed E-state index contributed by atoms with van der Waals surface area (Å²) in [5.74, 6) is 0. The molecule has 1 heterocycles. The van der Waals surface area contributed by atoms with Crippen LogP contribution in [0.2, 0.25) is 0 Å². The van der Waals surface area contributed by atoms with Crippen molar-refractivity contribution in [1.82, 2.24) is 0 Å². The number of rotatable bonds is 3. The lowest BCUT2D eigenvalue weighted by Gasteiger charge is -2.16. The van der Waals surface area contributed by atoms with E-state index in [1.54, 1.807) is 11.3 Å². The van der Waals surface area contributed by atoms with Gasteiger partial charge in [-0.15, -0.1) is 11.3 Å². The third kappa shape index (κ3) is 2.29. The fourth-order valence-electron chi connectivity index (χ4n) is 0.968. The quantitative estimate of drug-likeness (QED) is 0.863. The van der Waals surface area contributed by atoms with Gasteiger partial charge in [-0.25, -0.2) is 0 Å². The summed E-state index contributed by atoms with van der Waals surface area (Å²) in [6, 6.07) is 2.08. The van der Waals surface area contributed by atoms with E-state index in [1.165, 1.54) is 0 Å². The van der Waals surface area contributed by atoms with Crippen molar-refractivity contribution in [2.45, 2.75) is 25.4 Å². The zero-order valence-electron chi connectivity index (χ0n) is 6.96.